The van der Waals surface area contributed by atoms with Crippen molar-refractivity contribution in [3.8, 4) is 0 Å². The van der Waals surface area contributed by atoms with Gasteiger partial charge in [-0.05, 0) is 5.56 Å². The van der Waals surface area contributed by atoms with Gasteiger partial charge in [0.1, 0.15) is 0 Å². The predicted octanol–water partition coefficient (Wildman–Crippen LogP) is 2.59. The van der Waals surface area contributed by atoms with Crippen LogP contribution in [0, 0.1) is 0 Å². The van der Waals surface area contributed by atoms with Crippen LogP contribution in [0.25, 0.3) is 0 Å². The zero-order valence-corrected chi connectivity index (χ0v) is 8.54. The lowest BCUT2D eigenvalue weighted by atomic mass is 9.90. The number of halogens is 3. The van der Waals surface area contributed by atoms with Crippen molar-refractivity contribution in [2.75, 3.05) is 7.11 Å². The number of benzene rings is 1. The van der Waals surface area contributed by atoms with Crippen LogP contribution >= 0.6 is 0 Å². The van der Waals surface area contributed by atoms with Crippen LogP contribution in [-0.2, 0) is 15.1 Å². The molecule has 0 fully saturated rings. The first-order chi connectivity index (χ1) is 7.48. The highest BCUT2D eigenvalue weighted by atomic mass is 19.4. The van der Waals surface area contributed by atoms with Crippen molar-refractivity contribution in [3.63, 3.8) is 0 Å². The van der Waals surface area contributed by atoms with Gasteiger partial charge in [0, 0.05) is 7.11 Å². The Morgan fingerprint density at radius 2 is 1.81 bits per heavy atom. The summed E-state index contributed by atoms with van der Waals surface area (Å²) in [6.07, 6.45) is -4.27. The van der Waals surface area contributed by atoms with Gasteiger partial charge in [0.05, 0.1) is 6.42 Å². The Kier molecular flexibility index (Phi) is 3.70. The van der Waals surface area contributed by atoms with E-state index in [1.807, 2.05) is 0 Å². The van der Waals surface area contributed by atoms with Crippen molar-refractivity contribution in [2.24, 2.45) is 0 Å². The number of rotatable bonds is 4. The zero-order valence-electron chi connectivity index (χ0n) is 8.54. The summed E-state index contributed by atoms with van der Waals surface area (Å²) in [6, 6.07) is 7.05. The third-order valence-corrected chi connectivity index (χ3v) is 2.37. The second kappa shape index (κ2) is 4.65. The van der Waals surface area contributed by atoms with Gasteiger partial charge in [-0.2, -0.15) is 13.2 Å². The molecule has 5 heteroatoms. The van der Waals surface area contributed by atoms with Gasteiger partial charge in [0.2, 0.25) is 6.29 Å². The highest BCUT2D eigenvalue weighted by molar-refractivity contribution is 5.54. The van der Waals surface area contributed by atoms with Crippen LogP contribution in [-0.4, -0.2) is 19.6 Å². The molecule has 0 aliphatic carbocycles. The molecule has 0 spiro atoms. The molecule has 1 aromatic rings. The van der Waals surface area contributed by atoms with Gasteiger partial charge in [-0.15, -0.1) is 0 Å². The molecule has 87 valence electrons. The van der Waals surface area contributed by atoms with Crippen molar-refractivity contribution < 1.29 is 22.7 Å². The quantitative estimate of drug-likeness (QED) is 0.796. The van der Waals surface area contributed by atoms with Gasteiger partial charge < -0.3 is 4.74 Å². The molecule has 0 saturated heterocycles. The Morgan fingerprint density at radius 1 is 1.25 bits per heavy atom. The van der Waals surface area contributed by atoms with E-state index in [2.05, 4.69) is 4.74 Å². The van der Waals surface area contributed by atoms with Gasteiger partial charge in [0.15, 0.2) is 5.60 Å². The van der Waals surface area contributed by atoms with Crippen LogP contribution in [0.3, 0.4) is 0 Å². The molecule has 1 radical (unpaired) electrons. The lowest BCUT2D eigenvalue weighted by Gasteiger charge is -2.33. The molecule has 0 heterocycles. The molecule has 0 aromatic heterocycles. The fourth-order valence-electron chi connectivity index (χ4n) is 1.48. The number of alkyl halides is 3. The zero-order chi connectivity index (χ0) is 12.2. The minimum atomic E-state index is -4.67. The maximum Gasteiger partial charge on any atom is 0.422 e. The fraction of sp³-hybridized carbons (Fsp3) is 0.364. The van der Waals surface area contributed by atoms with Crippen LogP contribution in [0.15, 0.2) is 30.3 Å². The minimum absolute atomic E-state index is 0.103. The van der Waals surface area contributed by atoms with Crippen LogP contribution in [0.2, 0.25) is 0 Å². The van der Waals surface area contributed by atoms with E-state index in [9.17, 15) is 18.0 Å². The lowest BCUT2D eigenvalue weighted by Crippen LogP contribution is -2.44. The summed E-state index contributed by atoms with van der Waals surface area (Å²) in [4.78, 5) is 10.3. The molecule has 0 bridgehead atoms. The van der Waals surface area contributed by atoms with Gasteiger partial charge in [-0.3, -0.25) is 4.79 Å². The van der Waals surface area contributed by atoms with Crippen LogP contribution < -0.4 is 0 Å². The number of carbonyl (C=O) groups excluding carboxylic acids is 1. The smallest absolute Gasteiger partial charge is 0.364 e. The molecule has 1 rings (SSSR count). The maximum absolute atomic E-state index is 12.9. The highest BCUT2D eigenvalue weighted by Crippen LogP contribution is 2.43. The van der Waals surface area contributed by atoms with E-state index in [-0.39, 0.29) is 5.56 Å². The van der Waals surface area contributed by atoms with Crippen molar-refractivity contribution in [1.82, 2.24) is 0 Å². The number of methoxy groups -OCH3 is 1. The Balaban J connectivity index is 3.28. The van der Waals surface area contributed by atoms with Crippen molar-refractivity contribution >= 4 is 6.29 Å². The molecule has 0 saturated carbocycles. The second-order valence-corrected chi connectivity index (χ2v) is 3.22. The van der Waals surface area contributed by atoms with Gasteiger partial charge >= 0.3 is 6.18 Å². The molecular formula is C11H10F3O2. The summed E-state index contributed by atoms with van der Waals surface area (Å²) in [7, 11) is 0.928. The van der Waals surface area contributed by atoms with Gasteiger partial charge in [-0.25, -0.2) is 0 Å². The van der Waals surface area contributed by atoms with Crippen molar-refractivity contribution in [2.45, 2.75) is 18.2 Å². The Bertz CT molecular complexity index is 348. The van der Waals surface area contributed by atoms with Crippen LogP contribution in [0.5, 0.6) is 0 Å². The molecule has 0 amide bonds. The standard InChI is InChI=1S/C11H10F3O2/c1-16-10(7-8-15,11(12,13)14)9-5-3-2-4-6-9/h2-6H,7H2,1H3. The first-order valence-corrected chi connectivity index (χ1v) is 4.50. The largest absolute Gasteiger partial charge is 0.422 e. The van der Waals surface area contributed by atoms with E-state index < -0.39 is 18.2 Å². The van der Waals surface area contributed by atoms with Crippen molar-refractivity contribution in [3.05, 3.63) is 35.9 Å². The average molecular weight is 231 g/mol. The number of ether oxygens (including phenoxy) is 1. The molecule has 0 N–H and O–H groups in total. The molecule has 16 heavy (non-hydrogen) atoms. The monoisotopic (exact) mass is 231 g/mol. The molecule has 1 atom stereocenters. The Hall–Kier alpha value is -1.36. The Labute approximate surface area is 91.0 Å². The predicted molar refractivity (Wildman–Crippen MR) is 51.5 cm³/mol. The number of hydrogen-bond acceptors (Lipinski definition) is 2. The lowest BCUT2D eigenvalue weighted by molar-refractivity contribution is -0.273. The van der Waals surface area contributed by atoms with E-state index in [1.54, 1.807) is 6.07 Å². The summed E-state index contributed by atoms with van der Waals surface area (Å²) in [5.74, 6) is 0. The Morgan fingerprint density at radius 3 is 2.19 bits per heavy atom. The van der Waals surface area contributed by atoms with E-state index in [1.165, 1.54) is 30.6 Å². The summed E-state index contributed by atoms with van der Waals surface area (Å²) in [5, 5.41) is 0. The molecule has 0 aliphatic rings. The normalized spacial score (nSPS) is 15.5. The van der Waals surface area contributed by atoms with E-state index in [0.29, 0.717) is 0 Å². The highest BCUT2D eigenvalue weighted by Gasteiger charge is 2.56. The van der Waals surface area contributed by atoms with Crippen LogP contribution in [0.4, 0.5) is 13.2 Å². The third kappa shape index (κ3) is 2.09. The van der Waals surface area contributed by atoms with E-state index in [4.69, 9.17) is 0 Å². The number of hydrogen-bond donors (Lipinski definition) is 0. The molecule has 1 aromatic carbocycles. The summed E-state index contributed by atoms with van der Waals surface area (Å²) in [5.41, 5.74) is -2.70. The second-order valence-electron chi connectivity index (χ2n) is 3.22. The van der Waals surface area contributed by atoms with Crippen LogP contribution in [0.1, 0.15) is 12.0 Å². The van der Waals surface area contributed by atoms with Crippen molar-refractivity contribution in [1.29, 1.82) is 0 Å². The van der Waals surface area contributed by atoms with E-state index in [0.717, 1.165) is 7.11 Å². The first kappa shape index (κ1) is 12.7. The third-order valence-electron chi connectivity index (χ3n) is 2.37. The average Bonchev–Trinajstić information content (AvgIpc) is 2.25. The molecule has 1 unspecified atom stereocenters. The topological polar surface area (TPSA) is 26.3 Å². The molecule has 2 nitrogen and oxygen atoms in total. The summed E-state index contributed by atoms with van der Waals surface area (Å²) < 4.78 is 43.4. The molecular weight excluding hydrogens is 221 g/mol. The summed E-state index contributed by atoms with van der Waals surface area (Å²) in [6.45, 7) is 0. The SMILES string of the molecule is COC(C[C]=O)(c1ccccc1)C(F)(F)F. The minimum Gasteiger partial charge on any atom is -0.364 e. The molecule has 0 aliphatic heterocycles. The summed E-state index contributed by atoms with van der Waals surface area (Å²) >= 11 is 0. The fourth-order valence-corrected chi connectivity index (χ4v) is 1.48. The van der Waals surface area contributed by atoms with Gasteiger partial charge in [-0.1, -0.05) is 30.3 Å². The van der Waals surface area contributed by atoms with Gasteiger partial charge in [0.25, 0.3) is 0 Å². The first-order valence-electron chi connectivity index (χ1n) is 4.50. The van der Waals surface area contributed by atoms with E-state index >= 15 is 0 Å². The maximum atomic E-state index is 12.9.